The third kappa shape index (κ3) is 8.62. The topological polar surface area (TPSA) is 214 Å². The van der Waals surface area contributed by atoms with Crippen LogP contribution in [0, 0.1) is 0 Å². The zero-order valence-corrected chi connectivity index (χ0v) is 13.8. The zero-order chi connectivity index (χ0) is 19.7. The van der Waals surface area contributed by atoms with E-state index in [9.17, 15) is 29.1 Å². The quantitative estimate of drug-likeness (QED) is 0.202. The summed E-state index contributed by atoms with van der Waals surface area (Å²) in [5, 5.41) is 24.6. The van der Waals surface area contributed by atoms with Gasteiger partial charge in [-0.3, -0.25) is 19.2 Å². The minimum absolute atomic E-state index is 0.387. The summed E-state index contributed by atoms with van der Waals surface area (Å²) in [6, 6.07) is -3.85. The van der Waals surface area contributed by atoms with Crippen LogP contribution in [0.1, 0.15) is 20.3 Å². The smallest absolute Gasteiger partial charge is 0.328 e. The molecule has 0 fully saturated rings. The predicted molar refractivity (Wildman–Crippen MR) is 83.6 cm³/mol. The average Bonchev–Trinajstić information content (AvgIpc) is 2.48. The highest BCUT2D eigenvalue weighted by Crippen LogP contribution is 1.95. The second kappa shape index (κ2) is 10.2. The van der Waals surface area contributed by atoms with E-state index in [1.807, 2.05) is 0 Å². The number of carboxylic acid groups (broad SMARTS) is 1. The van der Waals surface area contributed by atoms with Crippen molar-refractivity contribution in [1.29, 1.82) is 0 Å². The predicted octanol–water partition coefficient (Wildman–Crippen LogP) is -4.24. The van der Waals surface area contributed by atoms with E-state index in [1.165, 1.54) is 13.8 Å². The first kappa shape index (κ1) is 22.3. The van der Waals surface area contributed by atoms with Gasteiger partial charge in [0.15, 0.2) is 6.04 Å². The Morgan fingerprint density at radius 3 is 2.04 bits per heavy atom. The first-order chi connectivity index (χ1) is 11.5. The normalized spacial score (nSPS) is 15.2. The summed E-state index contributed by atoms with van der Waals surface area (Å²) in [5.41, 5.74) is 10.3. The van der Waals surface area contributed by atoms with Crippen LogP contribution in [0.3, 0.4) is 0 Å². The van der Waals surface area contributed by atoms with Gasteiger partial charge in [-0.15, -0.1) is 0 Å². The SMILES string of the molecule is CC(NC(=O)CNC(=O)C(N)CC(N)=O)C(=O)NC(C(=O)O)C(C)O. The van der Waals surface area contributed by atoms with E-state index in [0.29, 0.717) is 0 Å². The van der Waals surface area contributed by atoms with E-state index >= 15 is 0 Å². The molecule has 12 nitrogen and oxygen atoms in total. The van der Waals surface area contributed by atoms with Gasteiger partial charge >= 0.3 is 5.97 Å². The molecule has 4 unspecified atom stereocenters. The Hall–Kier alpha value is -2.73. The highest BCUT2D eigenvalue weighted by Gasteiger charge is 2.27. The molecular weight excluding hydrogens is 338 g/mol. The summed E-state index contributed by atoms with van der Waals surface area (Å²) in [6.45, 7) is 1.96. The molecule has 0 aliphatic carbocycles. The van der Waals surface area contributed by atoms with Gasteiger partial charge in [-0.25, -0.2) is 4.79 Å². The Bertz CT molecular complexity index is 537. The fourth-order valence-corrected chi connectivity index (χ4v) is 1.63. The molecule has 12 heteroatoms. The lowest BCUT2D eigenvalue weighted by atomic mass is 10.1. The molecule has 0 saturated heterocycles. The Labute approximate surface area is 143 Å². The van der Waals surface area contributed by atoms with Crippen molar-refractivity contribution in [2.24, 2.45) is 11.5 Å². The number of aliphatic carboxylic acids is 1. The van der Waals surface area contributed by atoms with Crippen molar-refractivity contribution in [2.75, 3.05) is 6.54 Å². The molecule has 0 aromatic carbocycles. The fraction of sp³-hybridized carbons (Fsp3) is 0.615. The van der Waals surface area contributed by atoms with Crippen LogP contribution in [0.2, 0.25) is 0 Å². The Morgan fingerprint density at radius 2 is 1.60 bits per heavy atom. The number of hydrogen-bond acceptors (Lipinski definition) is 7. The molecule has 25 heavy (non-hydrogen) atoms. The van der Waals surface area contributed by atoms with Gasteiger partial charge in [-0.2, -0.15) is 0 Å². The molecule has 142 valence electrons. The number of primary amides is 1. The second-order valence-electron chi connectivity index (χ2n) is 5.35. The summed E-state index contributed by atoms with van der Waals surface area (Å²) in [5.74, 6) is -4.56. The largest absolute Gasteiger partial charge is 0.480 e. The maximum atomic E-state index is 11.8. The van der Waals surface area contributed by atoms with Gasteiger partial charge < -0.3 is 37.6 Å². The minimum Gasteiger partial charge on any atom is -0.480 e. The fourth-order valence-electron chi connectivity index (χ4n) is 1.63. The monoisotopic (exact) mass is 361 g/mol. The molecule has 9 N–H and O–H groups in total. The maximum Gasteiger partial charge on any atom is 0.328 e. The van der Waals surface area contributed by atoms with Gasteiger partial charge in [0.2, 0.25) is 23.6 Å². The number of aliphatic hydroxyl groups excluding tert-OH is 1. The van der Waals surface area contributed by atoms with Crippen LogP contribution in [0.4, 0.5) is 0 Å². The van der Waals surface area contributed by atoms with Crippen LogP contribution >= 0.6 is 0 Å². The second-order valence-corrected chi connectivity index (χ2v) is 5.35. The summed E-state index contributed by atoms with van der Waals surface area (Å²) in [4.78, 5) is 56.5. The number of aliphatic hydroxyl groups is 1. The molecular formula is C13H23N5O7. The van der Waals surface area contributed by atoms with Gasteiger partial charge in [-0.1, -0.05) is 0 Å². The maximum absolute atomic E-state index is 11.8. The van der Waals surface area contributed by atoms with E-state index in [2.05, 4.69) is 16.0 Å². The number of hydrogen-bond donors (Lipinski definition) is 7. The highest BCUT2D eigenvalue weighted by molar-refractivity contribution is 5.93. The van der Waals surface area contributed by atoms with Gasteiger partial charge in [0.05, 0.1) is 25.1 Å². The number of nitrogens with two attached hydrogens (primary N) is 2. The molecule has 4 amide bonds. The summed E-state index contributed by atoms with van der Waals surface area (Å²) in [7, 11) is 0. The zero-order valence-electron chi connectivity index (χ0n) is 13.8. The van der Waals surface area contributed by atoms with Crippen LogP contribution in [0.5, 0.6) is 0 Å². The first-order valence-electron chi connectivity index (χ1n) is 7.27. The lowest BCUT2D eigenvalue weighted by Crippen LogP contribution is -2.55. The van der Waals surface area contributed by atoms with E-state index in [0.717, 1.165) is 0 Å². The van der Waals surface area contributed by atoms with Gasteiger partial charge in [0.1, 0.15) is 6.04 Å². The third-order valence-corrected chi connectivity index (χ3v) is 3.00. The number of nitrogens with one attached hydrogen (secondary N) is 3. The Kier molecular flexibility index (Phi) is 9.09. The molecule has 0 spiro atoms. The van der Waals surface area contributed by atoms with Gasteiger partial charge in [0, 0.05) is 0 Å². The summed E-state index contributed by atoms with van der Waals surface area (Å²) < 4.78 is 0. The van der Waals surface area contributed by atoms with Crippen molar-refractivity contribution in [3.63, 3.8) is 0 Å². The lowest BCUT2D eigenvalue weighted by Gasteiger charge is -2.20. The van der Waals surface area contributed by atoms with E-state index in [4.69, 9.17) is 16.6 Å². The molecule has 0 aliphatic rings. The molecule has 0 rings (SSSR count). The molecule has 0 aromatic heterocycles. The standard InChI is InChI=1S/C13H23N5O7/c1-5(11(22)18-10(6(2)19)13(24)25)17-9(21)4-16-12(23)7(14)3-8(15)20/h5-7,10,19H,3-4,14H2,1-2H3,(H2,15,20)(H,16,23)(H,17,21)(H,18,22)(H,24,25). The molecule has 0 aromatic rings. The van der Waals surface area contributed by atoms with Crippen molar-refractivity contribution >= 4 is 29.6 Å². The minimum atomic E-state index is -1.53. The number of carboxylic acids is 1. The van der Waals surface area contributed by atoms with Crippen molar-refractivity contribution in [2.45, 2.75) is 44.5 Å². The molecule has 0 bridgehead atoms. The van der Waals surface area contributed by atoms with Crippen LogP contribution in [0.25, 0.3) is 0 Å². The van der Waals surface area contributed by atoms with Gasteiger partial charge in [-0.05, 0) is 13.8 Å². The molecule has 0 aliphatic heterocycles. The Morgan fingerprint density at radius 1 is 1.04 bits per heavy atom. The van der Waals surface area contributed by atoms with Crippen LogP contribution in [-0.4, -0.2) is 70.6 Å². The van der Waals surface area contributed by atoms with Crippen molar-refractivity contribution in [3.8, 4) is 0 Å². The van der Waals surface area contributed by atoms with Crippen LogP contribution in [-0.2, 0) is 24.0 Å². The van der Waals surface area contributed by atoms with Gasteiger partial charge in [0.25, 0.3) is 0 Å². The third-order valence-electron chi connectivity index (χ3n) is 3.00. The molecule has 0 heterocycles. The average molecular weight is 361 g/mol. The number of carbonyl (C=O) groups is 5. The highest BCUT2D eigenvalue weighted by atomic mass is 16.4. The van der Waals surface area contributed by atoms with Crippen LogP contribution in [0.15, 0.2) is 0 Å². The number of rotatable bonds is 10. The van der Waals surface area contributed by atoms with Crippen molar-refractivity contribution in [1.82, 2.24) is 16.0 Å². The van der Waals surface area contributed by atoms with Crippen LogP contribution < -0.4 is 27.4 Å². The van der Waals surface area contributed by atoms with Crippen molar-refractivity contribution in [3.05, 3.63) is 0 Å². The van der Waals surface area contributed by atoms with E-state index < -0.39 is 60.4 Å². The molecule has 4 atom stereocenters. The van der Waals surface area contributed by atoms with Crippen molar-refractivity contribution < 1.29 is 34.2 Å². The number of carbonyl (C=O) groups excluding carboxylic acids is 4. The lowest BCUT2D eigenvalue weighted by molar-refractivity contribution is -0.145. The molecule has 0 saturated carbocycles. The Balaban J connectivity index is 4.41. The molecule has 0 radical (unpaired) electrons. The van der Waals surface area contributed by atoms with E-state index in [1.54, 1.807) is 0 Å². The van der Waals surface area contributed by atoms with E-state index in [-0.39, 0.29) is 6.42 Å². The number of amides is 4. The summed E-state index contributed by atoms with van der Waals surface area (Å²) in [6.07, 6.45) is -1.72. The first-order valence-corrected chi connectivity index (χ1v) is 7.27. The summed E-state index contributed by atoms with van der Waals surface area (Å²) >= 11 is 0.